The van der Waals surface area contributed by atoms with Crippen molar-refractivity contribution >= 4 is 38.1 Å². The van der Waals surface area contributed by atoms with E-state index in [9.17, 15) is 13.2 Å². The molecule has 0 spiro atoms. The number of hydrogen-bond acceptors (Lipinski definition) is 6. The number of nitrogens with one attached hydrogen (secondary N) is 2. The molecule has 9 heteroatoms. The fourth-order valence-corrected chi connectivity index (χ4v) is 4.93. The van der Waals surface area contributed by atoms with Gasteiger partial charge in [-0.2, -0.15) is 0 Å². The summed E-state index contributed by atoms with van der Waals surface area (Å²) in [6, 6.07) is 10.3. The molecule has 150 valence electrons. The van der Waals surface area contributed by atoms with E-state index in [-0.39, 0.29) is 15.9 Å². The number of fused-ring (bicyclic) bond motifs is 1. The Hall–Kier alpha value is -2.91. The number of aromatic nitrogens is 1. The minimum absolute atomic E-state index is 0.195. The van der Waals surface area contributed by atoms with Gasteiger partial charge in [0.05, 0.1) is 16.3 Å². The molecule has 7 nitrogen and oxygen atoms in total. The average molecular weight is 430 g/mol. The molecule has 1 aliphatic rings. The molecular weight excluding hydrogens is 410 g/mol. The van der Waals surface area contributed by atoms with Gasteiger partial charge in [-0.25, -0.2) is 13.4 Å². The third-order valence-electron chi connectivity index (χ3n) is 4.72. The lowest BCUT2D eigenvalue weighted by atomic mass is 10.1. The van der Waals surface area contributed by atoms with Crippen molar-refractivity contribution in [2.24, 2.45) is 0 Å². The van der Waals surface area contributed by atoms with Crippen LogP contribution in [0.25, 0.3) is 11.3 Å². The highest BCUT2D eigenvalue weighted by molar-refractivity contribution is 7.93. The summed E-state index contributed by atoms with van der Waals surface area (Å²) in [6.07, 6.45) is -0.543. The minimum atomic E-state index is -3.73. The lowest BCUT2D eigenvalue weighted by molar-refractivity contribution is -0.122. The highest BCUT2D eigenvalue weighted by atomic mass is 32.2. The van der Waals surface area contributed by atoms with Gasteiger partial charge in [-0.1, -0.05) is 6.07 Å². The molecule has 0 aliphatic carbocycles. The predicted molar refractivity (Wildman–Crippen MR) is 113 cm³/mol. The maximum atomic E-state index is 12.7. The molecular formula is C20H19N3O4S2. The first-order valence-corrected chi connectivity index (χ1v) is 11.3. The Labute approximate surface area is 172 Å². The van der Waals surface area contributed by atoms with Crippen molar-refractivity contribution in [2.45, 2.75) is 31.8 Å². The summed E-state index contributed by atoms with van der Waals surface area (Å²) in [7, 11) is -3.73. The SMILES string of the molecule is Cc1ccc(S(=O)(=O)Nc2nc(-c3ccc4c(c3)NC(=O)C(C)O4)cs2)cc1C. The summed E-state index contributed by atoms with van der Waals surface area (Å²) in [5, 5.41) is 4.82. The van der Waals surface area contributed by atoms with Crippen LogP contribution in [0.1, 0.15) is 18.1 Å². The van der Waals surface area contributed by atoms with Gasteiger partial charge >= 0.3 is 0 Å². The summed E-state index contributed by atoms with van der Waals surface area (Å²) in [6.45, 7) is 5.48. The van der Waals surface area contributed by atoms with Crippen LogP contribution in [0.3, 0.4) is 0 Å². The summed E-state index contributed by atoms with van der Waals surface area (Å²) < 4.78 is 33.4. The van der Waals surface area contributed by atoms with E-state index in [1.165, 1.54) is 11.3 Å². The monoisotopic (exact) mass is 429 g/mol. The summed E-state index contributed by atoms with van der Waals surface area (Å²) in [4.78, 5) is 16.4. The van der Waals surface area contributed by atoms with Gasteiger partial charge in [0.25, 0.3) is 15.9 Å². The molecule has 2 N–H and O–H groups in total. The van der Waals surface area contributed by atoms with Crippen LogP contribution in [-0.2, 0) is 14.8 Å². The fourth-order valence-electron chi connectivity index (χ4n) is 2.88. The van der Waals surface area contributed by atoms with Crippen LogP contribution < -0.4 is 14.8 Å². The molecule has 4 rings (SSSR count). The number of amides is 1. The van der Waals surface area contributed by atoms with Gasteiger partial charge in [0.2, 0.25) is 0 Å². The zero-order chi connectivity index (χ0) is 20.8. The second-order valence-corrected chi connectivity index (χ2v) is 9.39. The van der Waals surface area contributed by atoms with E-state index < -0.39 is 16.1 Å². The van der Waals surface area contributed by atoms with Crippen molar-refractivity contribution < 1.29 is 17.9 Å². The van der Waals surface area contributed by atoms with E-state index in [4.69, 9.17) is 4.74 Å². The van der Waals surface area contributed by atoms with Gasteiger partial charge in [-0.05, 0) is 62.2 Å². The number of sulfonamides is 1. The first kappa shape index (κ1) is 19.4. The molecule has 2 aromatic carbocycles. The van der Waals surface area contributed by atoms with Gasteiger partial charge in [0.1, 0.15) is 5.75 Å². The second-order valence-electron chi connectivity index (χ2n) is 6.85. The maximum Gasteiger partial charge on any atom is 0.265 e. The summed E-state index contributed by atoms with van der Waals surface area (Å²) >= 11 is 1.19. The standard InChI is InChI=1S/C20H19N3O4S2/c1-11-4-6-15(8-12(11)2)29(25,26)23-20-22-17(10-28-20)14-5-7-18-16(9-14)21-19(24)13(3)27-18/h4-10,13H,1-3H3,(H,21,24)(H,22,23). The van der Waals surface area contributed by atoms with Gasteiger partial charge < -0.3 is 10.1 Å². The third-order valence-corrected chi connectivity index (χ3v) is 6.94. The van der Waals surface area contributed by atoms with Gasteiger partial charge in [-0.15, -0.1) is 11.3 Å². The molecule has 1 atom stereocenters. The van der Waals surface area contributed by atoms with Crippen molar-refractivity contribution in [1.82, 2.24) is 4.98 Å². The Balaban J connectivity index is 1.58. The van der Waals surface area contributed by atoms with Crippen LogP contribution in [0.2, 0.25) is 0 Å². The highest BCUT2D eigenvalue weighted by Gasteiger charge is 2.24. The normalized spacial score (nSPS) is 16.0. The third kappa shape index (κ3) is 3.83. The predicted octanol–water partition coefficient (Wildman–Crippen LogP) is 3.95. The molecule has 0 saturated carbocycles. The topological polar surface area (TPSA) is 97.4 Å². The number of benzene rings is 2. The number of ether oxygens (including phenoxy) is 1. The lowest BCUT2D eigenvalue weighted by Gasteiger charge is -2.23. The van der Waals surface area contributed by atoms with Gasteiger partial charge in [-0.3, -0.25) is 9.52 Å². The molecule has 29 heavy (non-hydrogen) atoms. The van der Waals surface area contributed by atoms with E-state index in [1.807, 2.05) is 19.9 Å². The van der Waals surface area contributed by atoms with E-state index in [1.54, 1.807) is 42.6 Å². The minimum Gasteiger partial charge on any atom is -0.479 e. The highest BCUT2D eigenvalue weighted by Crippen LogP contribution is 2.35. The summed E-state index contributed by atoms with van der Waals surface area (Å²) in [5.41, 5.74) is 3.84. The number of thiazole rings is 1. The van der Waals surface area contributed by atoms with Crippen LogP contribution in [0, 0.1) is 13.8 Å². The van der Waals surface area contributed by atoms with Gasteiger partial charge in [0.15, 0.2) is 11.2 Å². The Morgan fingerprint density at radius 1 is 1.14 bits per heavy atom. The van der Waals surface area contributed by atoms with E-state index in [0.29, 0.717) is 17.1 Å². The van der Waals surface area contributed by atoms with E-state index in [2.05, 4.69) is 15.0 Å². The fraction of sp³-hybridized carbons (Fsp3) is 0.200. The Morgan fingerprint density at radius 3 is 2.69 bits per heavy atom. The van der Waals surface area contributed by atoms with Crippen LogP contribution in [-0.4, -0.2) is 25.4 Å². The molecule has 0 fully saturated rings. The van der Waals surface area contributed by atoms with Crippen molar-refractivity contribution in [2.75, 3.05) is 10.0 Å². The Morgan fingerprint density at radius 2 is 1.93 bits per heavy atom. The van der Waals surface area contributed by atoms with Crippen LogP contribution in [0.15, 0.2) is 46.7 Å². The largest absolute Gasteiger partial charge is 0.479 e. The maximum absolute atomic E-state index is 12.7. The van der Waals surface area contributed by atoms with Gasteiger partial charge in [0, 0.05) is 10.9 Å². The molecule has 1 aliphatic heterocycles. The van der Waals surface area contributed by atoms with E-state index >= 15 is 0 Å². The van der Waals surface area contributed by atoms with Crippen LogP contribution in [0.5, 0.6) is 5.75 Å². The number of hydrogen-bond donors (Lipinski definition) is 2. The Bertz CT molecular complexity index is 1220. The smallest absolute Gasteiger partial charge is 0.265 e. The number of nitrogens with zero attached hydrogens (tertiary/aromatic N) is 1. The number of anilines is 2. The van der Waals surface area contributed by atoms with E-state index in [0.717, 1.165) is 16.7 Å². The molecule has 3 aromatic rings. The van der Waals surface area contributed by atoms with Crippen molar-refractivity contribution in [3.8, 4) is 17.0 Å². The molecule has 1 unspecified atom stereocenters. The number of aryl methyl sites for hydroxylation is 2. The first-order valence-electron chi connectivity index (χ1n) is 8.90. The second kappa shape index (κ2) is 7.16. The molecule has 0 saturated heterocycles. The van der Waals surface area contributed by atoms with Crippen LogP contribution in [0.4, 0.5) is 10.8 Å². The Kier molecular flexibility index (Phi) is 4.79. The molecule has 0 bridgehead atoms. The average Bonchev–Trinajstić information content (AvgIpc) is 3.12. The molecule has 1 amide bonds. The molecule has 2 heterocycles. The zero-order valence-corrected chi connectivity index (χ0v) is 17.6. The number of rotatable bonds is 4. The van der Waals surface area contributed by atoms with Crippen LogP contribution >= 0.6 is 11.3 Å². The number of carbonyl (C=O) groups is 1. The summed E-state index contributed by atoms with van der Waals surface area (Å²) in [5.74, 6) is 0.376. The molecule has 0 radical (unpaired) electrons. The zero-order valence-electron chi connectivity index (χ0n) is 16.0. The van der Waals surface area contributed by atoms with Crippen molar-refractivity contribution in [3.63, 3.8) is 0 Å². The van der Waals surface area contributed by atoms with Crippen molar-refractivity contribution in [3.05, 3.63) is 52.9 Å². The lowest BCUT2D eigenvalue weighted by Crippen LogP contribution is -2.34. The quantitative estimate of drug-likeness (QED) is 0.655. The van der Waals surface area contributed by atoms with Crippen molar-refractivity contribution in [1.29, 1.82) is 0 Å². The first-order chi connectivity index (χ1) is 13.7. The number of carbonyl (C=O) groups excluding carboxylic acids is 1. The molecule has 1 aromatic heterocycles.